The van der Waals surface area contributed by atoms with Gasteiger partial charge in [0.1, 0.15) is 11.5 Å². The van der Waals surface area contributed by atoms with Crippen LogP contribution < -0.4 is 9.47 Å². The first-order chi connectivity index (χ1) is 9.05. The molecule has 1 aromatic carbocycles. The molecule has 0 aliphatic rings. The largest absolute Gasteiger partial charge is 0.497 e. The molecule has 19 heavy (non-hydrogen) atoms. The van der Waals surface area contributed by atoms with Crippen molar-refractivity contribution in [2.24, 2.45) is 0 Å². The third kappa shape index (κ3) is 2.59. The number of ether oxygens (including phenoxy) is 2. The Balaban J connectivity index is 2.54. The Kier molecular flexibility index (Phi) is 3.55. The van der Waals surface area contributed by atoms with E-state index in [2.05, 4.69) is 9.97 Å². The lowest BCUT2D eigenvalue weighted by Crippen LogP contribution is -1.94. The first-order valence-electron chi connectivity index (χ1n) is 5.86. The number of aryl methyl sites for hydroxylation is 1. The predicted octanol–water partition coefficient (Wildman–Crippen LogP) is 2.60. The molecular formula is C14H16N2O3. The number of nitrogens with zero attached hydrogens (tertiary/aromatic N) is 1. The van der Waals surface area contributed by atoms with Crippen LogP contribution in [0.5, 0.6) is 11.5 Å². The second-order valence-corrected chi connectivity index (χ2v) is 4.22. The molecule has 2 aromatic rings. The van der Waals surface area contributed by atoms with Crippen molar-refractivity contribution in [3.8, 4) is 22.8 Å². The normalized spacial score (nSPS) is 10.3. The molecule has 0 fully saturated rings. The van der Waals surface area contributed by atoms with Crippen molar-refractivity contribution in [2.75, 3.05) is 14.2 Å². The molecule has 0 aliphatic heterocycles. The molecule has 5 heteroatoms. The van der Waals surface area contributed by atoms with Crippen molar-refractivity contribution >= 4 is 5.78 Å². The van der Waals surface area contributed by atoms with Crippen molar-refractivity contribution in [2.45, 2.75) is 13.8 Å². The topological polar surface area (TPSA) is 64.2 Å². The van der Waals surface area contributed by atoms with Gasteiger partial charge >= 0.3 is 0 Å². The summed E-state index contributed by atoms with van der Waals surface area (Å²) in [6.45, 7) is 3.36. The number of H-pyrrole nitrogens is 1. The number of aromatic nitrogens is 2. The summed E-state index contributed by atoms with van der Waals surface area (Å²) in [6.07, 6.45) is 0. The van der Waals surface area contributed by atoms with E-state index in [1.165, 1.54) is 6.92 Å². The maximum Gasteiger partial charge on any atom is 0.195 e. The van der Waals surface area contributed by atoms with Gasteiger partial charge in [-0.2, -0.15) is 0 Å². The van der Waals surface area contributed by atoms with E-state index in [0.717, 1.165) is 17.0 Å². The van der Waals surface area contributed by atoms with E-state index in [4.69, 9.17) is 9.47 Å². The quantitative estimate of drug-likeness (QED) is 0.858. The Hall–Kier alpha value is -2.30. The highest BCUT2D eigenvalue weighted by atomic mass is 16.5. The van der Waals surface area contributed by atoms with Crippen LogP contribution in [0.25, 0.3) is 11.3 Å². The number of benzene rings is 1. The summed E-state index contributed by atoms with van der Waals surface area (Å²) in [5, 5.41) is 0. The van der Waals surface area contributed by atoms with E-state index in [0.29, 0.717) is 17.3 Å². The number of Topliss-reactive ketones (excluding diaryl/α,β-unsaturated/α-hetero) is 1. The zero-order chi connectivity index (χ0) is 14.0. The standard InChI is InChI=1S/C14H16N2O3/c1-8-13(16-14(15-8)9(2)17)10-5-11(18-3)7-12(6-10)19-4/h5-7H,1-4H3,(H,15,16). The summed E-state index contributed by atoms with van der Waals surface area (Å²) in [6, 6.07) is 5.50. The number of rotatable bonds is 4. The average Bonchev–Trinajstić information content (AvgIpc) is 2.80. The first-order valence-corrected chi connectivity index (χ1v) is 5.86. The lowest BCUT2D eigenvalue weighted by Gasteiger charge is -2.07. The van der Waals surface area contributed by atoms with Crippen LogP contribution in [0, 0.1) is 6.92 Å². The van der Waals surface area contributed by atoms with Crippen LogP contribution in [0.2, 0.25) is 0 Å². The summed E-state index contributed by atoms with van der Waals surface area (Å²) in [7, 11) is 3.19. The molecule has 0 amide bonds. The molecule has 0 saturated heterocycles. The highest BCUT2D eigenvalue weighted by Crippen LogP contribution is 2.30. The van der Waals surface area contributed by atoms with Gasteiger partial charge in [0.05, 0.1) is 19.9 Å². The minimum Gasteiger partial charge on any atom is -0.497 e. The van der Waals surface area contributed by atoms with Crippen LogP contribution >= 0.6 is 0 Å². The number of nitrogens with one attached hydrogen (secondary N) is 1. The number of aromatic amines is 1. The molecule has 0 radical (unpaired) electrons. The zero-order valence-electron chi connectivity index (χ0n) is 11.4. The number of hydrogen-bond acceptors (Lipinski definition) is 4. The van der Waals surface area contributed by atoms with Crippen LogP contribution in [0.1, 0.15) is 23.2 Å². The first kappa shape index (κ1) is 13.1. The van der Waals surface area contributed by atoms with Crippen LogP contribution in [-0.4, -0.2) is 30.0 Å². The summed E-state index contributed by atoms with van der Waals surface area (Å²) >= 11 is 0. The van der Waals surface area contributed by atoms with E-state index in [1.54, 1.807) is 20.3 Å². The van der Waals surface area contributed by atoms with E-state index >= 15 is 0 Å². The summed E-state index contributed by atoms with van der Waals surface area (Å²) < 4.78 is 10.5. The van der Waals surface area contributed by atoms with Gasteiger partial charge in [-0.15, -0.1) is 0 Å². The number of carbonyl (C=O) groups is 1. The monoisotopic (exact) mass is 260 g/mol. The molecule has 100 valence electrons. The molecule has 0 saturated carbocycles. The number of ketones is 1. The van der Waals surface area contributed by atoms with Crippen molar-refractivity contribution in [1.82, 2.24) is 9.97 Å². The number of methoxy groups -OCH3 is 2. The van der Waals surface area contributed by atoms with Crippen LogP contribution in [0.4, 0.5) is 0 Å². The summed E-state index contributed by atoms with van der Waals surface area (Å²) in [4.78, 5) is 18.6. The smallest absolute Gasteiger partial charge is 0.195 e. The van der Waals surface area contributed by atoms with E-state index in [-0.39, 0.29) is 5.78 Å². The Morgan fingerprint density at radius 2 is 1.74 bits per heavy atom. The molecule has 0 atom stereocenters. The fourth-order valence-corrected chi connectivity index (χ4v) is 1.85. The lowest BCUT2D eigenvalue weighted by molar-refractivity contribution is 0.100. The van der Waals surface area contributed by atoms with Gasteiger partial charge in [0.25, 0.3) is 0 Å². The highest BCUT2D eigenvalue weighted by Gasteiger charge is 2.13. The van der Waals surface area contributed by atoms with Gasteiger partial charge in [-0.05, 0) is 19.1 Å². The Bertz CT molecular complexity index is 595. The zero-order valence-corrected chi connectivity index (χ0v) is 11.4. The van der Waals surface area contributed by atoms with Gasteiger partial charge in [0, 0.05) is 24.2 Å². The molecule has 0 unspecified atom stereocenters. The van der Waals surface area contributed by atoms with E-state index in [9.17, 15) is 4.79 Å². The number of imidazole rings is 1. The molecule has 0 bridgehead atoms. The van der Waals surface area contributed by atoms with Crippen LogP contribution in [0.15, 0.2) is 18.2 Å². The number of hydrogen-bond donors (Lipinski definition) is 1. The van der Waals surface area contributed by atoms with Gasteiger partial charge in [-0.25, -0.2) is 4.98 Å². The molecule has 0 spiro atoms. The SMILES string of the molecule is COc1cc(OC)cc(-c2nc(C(C)=O)[nH]c2C)c1. The van der Waals surface area contributed by atoms with E-state index < -0.39 is 0 Å². The van der Waals surface area contributed by atoms with Gasteiger partial charge in [-0.1, -0.05) is 0 Å². The van der Waals surface area contributed by atoms with Crippen LogP contribution in [-0.2, 0) is 0 Å². The van der Waals surface area contributed by atoms with Gasteiger partial charge in [0.2, 0.25) is 0 Å². The fraction of sp³-hybridized carbons (Fsp3) is 0.286. The highest BCUT2D eigenvalue weighted by molar-refractivity contribution is 5.91. The molecular weight excluding hydrogens is 244 g/mol. The predicted molar refractivity (Wildman–Crippen MR) is 71.9 cm³/mol. The second-order valence-electron chi connectivity index (χ2n) is 4.22. The lowest BCUT2D eigenvalue weighted by atomic mass is 10.1. The van der Waals surface area contributed by atoms with E-state index in [1.807, 2.05) is 19.1 Å². The Morgan fingerprint density at radius 3 is 2.16 bits per heavy atom. The molecule has 5 nitrogen and oxygen atoms in total. The van der Waals surface area contributed by atoms with Crippen molar-refractivity contribution in [1.29, 1.82) is 0 Å². The summed E-state index contributed by atoms with van der Waals surface area (Å²) in [5.74, 6) is 1.63. The number of carbonyl (C=O) groups excluding carboxylic acids is 1. The van der Waals surface area contributed by atoms with Crippen LogP contribution in [0.3, 0.4) is 0 Å². The van der Waals surface area contributed by atoms with Gasteiger partial charge in [-0.3, -0.25) is 4.79 Å². The molecule has 1 N–H and O–H groups in total. The third-order valence-corrected chi connectivity index (χ3v) is 2.84. The second kappa shape index (κ2) is 5.14. The maximum absolute atomic E-state index is 11.3. The fourth-order valence-electron chi connectivity index (χ4n) is 1.85. The molecule has 0 aliphatic carbocycles. The molecule has 2 rings (SSSR count). The maximum atomic E-state index is 11.3. The van der Waals surface area contributed by atoms with Crippen molar-refractivity contribution in [3.05, 3.63) is 29.7 Å². The van der Waals surface area contributed by atoms with Gasteiger partial charge < -0.3 is 14.5 Å². The molecule has 1 aromatic heterocycles. The van der Waals surface area contributed by atoms with Gasteiger partial charge in [0.15, 0.2) is 11.6 Å². The third-order valence-electron chi connectivity index (χ3n) is 2.84. The van der Waals surface area contributed by atoms with Crippen molar-refractivity contribution < 1.29 is 14.3 Å². The minimum atomic E-state index is -0.0933. The Morgan fingerprint density at radius 1 is 1.16 bits per heavy atom. The average molecular weight is 260 g/mol. The van der Waals surface area contributed by atoms with Crippen molar-refractivity contribution in [3.63, 3.8) is 0 Å². The summed E-state index contributed by atoms with van der Waals surface area (Å²) in [5.41, 5.74) is 2.40. The molecule has 1 heterocycles. The minimum absolute atomic E-state index is 0.0933. The Labute approximate surface area is 111 Å².